The molecule has 0 spiro atoms. The van der Waals surface area contributed by atoms with Gasteiger partial charge < -0.3 is 4.90 Å². The summed E-state index contributed by atoms with van der Waals surface area (Å²) in [5, 5.41) is 0.401. The molecule has 0 saturated carbocycles. The lowest BCUT2D eigenvalue weighted by molar-refractivity contribution is -0.141. The highest BCUT2D eigenvalue weighted by Gasteiger charge is 2.53. The third-order valence-corrected chi connectivity index (χ3v) is 4.99. The number of carbonyl (C=O) groups is 3. The fourth-order valence-corrected chi connectivity index (χ4v) is 3.41. The summed E-state index contributed by atoms with van der Waals surface area (Å²) in [5.41, 5.74) is -0.659. The molecule has 0 radical (unpaired) electrons. The van der Waals surface area contributed by atoms with Crippen molar-refractivity contribution in [2.24, 2.45) is 0 Å². The van der Waals surface area contributed by atoms with E-state index in [1.807, 2.05) is 0 Å². The van der Waals surface area contributed by atoms with Crippen LogP contribution in [0.4, 0.5) is 0 Å². The van der Waals surface area contributed by atoms with Crippen LogP contribution in [-0.2, 0) is 19.8 Å². The van der Waals surface area contributed by atoms with Gasteiger partial charge in [-0.2, -0.15) is 0 Å². The molecule has 24 heavy (non-hydrogen) atoms. The predicted molar refractivity (Wildman–Crippen MR) is 92.7 cm³/mol. The minimum absolute atomic E-state index is 0.0283. The topological polar surface area (TPSA) is 57.7 Å². The van der Waals surface area contributed by atoms with Crippen LogP contribution in [0.5, 0.6) is 0 Å². The summed E-state index contributed by atoms with van der Waals surface area (Å²) in [7, 11) is 3.18. The van der Waals surface area contributed by atoms with Crippen molar-refractivity contribution < 1.29 is 14.4 Å². The Morgan fingerprint density at radius 1 is 1.33 bits per heavy atom. The van der Waals surface area contributed by atoms with Crippen LogP contribution in [0.3, 0.4) is 0 Å². The van der Waals surface area contributed by atoms with Gasteiger partial charge in [0, 0.05) is 38.5 Å². The van der Waals surface area contributed by atoms with E-state index in [4.69, 9.17) is 11.6 Å². The molecule has 0 unspecified atom stereocenters. The lowest BCUT2D eigenvalue weighted by Gasteiger charge is -2.29. The van der Waals surface area contributed by atoms with Crippen LogP contribution in [0.15, 0.2) is 24.3 Å². The third-order valence-electron chi connectivity index (χ3n) is 4.66. The van der Waals surface area contributed by atoms with Gasteiger partial charge in [-0.25, -0.2) is 0 Å². The SMILES string of the molecule is CCCCN(C)C(=O)C[C@@]1(c2ccccc2Cl)CC(=O)N(C)C1=O. The molecule has 130 valence electrons. The van der Waals surface area contributed by atoms with Gasteiger partial charge in [0.15, 0.2) is 0 Å². The maximum atomic E-state index is 12.8. The number of amides is 3. The van der Waals surface area contributed by atoms with Crippen molar-refractivity contribution in [3.05, 3.63) is 34.9 Å². The number of likely N-dealkylation sites (tertiary alicyclic amines) is 1. The minimum Gasteiger partial charge on any atom is -0.346 e. The van der Waals surface area contributed by atoms with Gasteiger partial charge in [-0.05, 0) is 18.1 Å². The van der Waals surface area contributed by atoms with E-state index in [0.29, 0.717) is 17.1 Å². The highest BCUT2D eigenvalue weighted by molar-refractivity contribution is 6.32. The van der Waals surface area contributed by atoms with Crippen LogP contribution in [0.25, 0.3) is 0 Å². The molecule has 1 aliphatic rings. The Bertz CT molecular complexity index is 661. The average Bonchev–Trinajstić information content (AvgIpc) is 2.77. The molecule has 0 aliphatic carbocycles. The number of likely N-dealkylation sites (N-methyl/N-ethyl adjacent to an activating group) is 1. The molecular weight excluding hydrogens is 328 g/mol. The van der Waals surface area contributed by atoms with E-state index >= 15 is 0 Å². The quantitative estimate of drug-likeness (QED) is 0.741. The van der Waals surface area contributed by atoms with Gasteiger partial charge in [0.2, 0.25) is 17.7 Å². The van der Waals surface area contributed by atoms with E-state index in [1.54, 1.807) is 36.2 Å². The van der Waals surface area contributed by atoms with Crippen molar-refractivity contribution >= 4 is 29.3 Å². The van der Waals surface area contributed by atoms with Crippen LogP contribution in [0, 0.1) is 0 Å². The zero-order valence-electron chi connectivity index (χ0n) is 14.3. The van der Waals surface area contributed by atoms with Crippen LogP contribution >= 0.6 is 11.6 Å². The van der Waals surface area contributed by atoms with Crippen LogP contribution < -0.4 is 0 Å². The van der Waals surface area contributed by atoms with E-state index in [0.717, 1.165) is 17.7 Å². The number of hydrogen-bond donors (Lipinski definition) is 0. The molecule has 6 heteroatoms. The van der Waals surface area contributed by atoms with Crippen LogP contribution in [0.1, 0.15) is 38.2 Å². The minimum atomic E-state index is -1.21. The Kier molecular flexibility index (Phi) is 5.65. The predicted octanol–water partition coefficient (Wildman–Crippen LogP) is 2.62. The number of rotatable bonds is 6. The first-order valence-corrected chi connectivity index (χ1v) is 8.51. The second kappa shape index (κ2) is 7.34. The lowest BCUT2D eigenvalue weighted by Crippen LogP contribution is -2.42. The van der Waals surface area contributed by atoms with Gasteiger partial charge in [-0.3, -0.25) is 19.3 Å². The molecule has 1 aliphatic heterocycles. The molecule has 1 atom stereocenters. The summed E-state index contributed by atoms with van der Waals surface area (Å²) >= 11 is 6.29. The van der Waals surface area contributed by atoms with Gasteiger partial charge in [-0.1, -0.05) is 43.1 Å². The monoisotopic (exact) mass is 350 g/mol. The first kappa shape index (κ1) is 18.5. The maximum Gasteiger partial charge on any atom is 0.240 e. The smallest absolute Gasteiger partial charge is 0.240 e. The Morgan fingerprint density at radius 3 is 2.54 bits per heavy atom. The molecule has 2 rings (SSSR count). The van der Waals surface area contributed by atoms with Gasteiger partial charge in [0.1, 0.15) is 0 Å². The van der Waals surface area contributed by atoms with E-state index in [2.05, 4.69) is 6.92 Å². The Hall–Kier alpha value is -1.88. The van der Waals surface area contributed by atoms with Gasteiger partial charge in [-0.15, -0.1) is 0 Å². The van der Waals surface area contributed by atoms with E-state index < -0.39 is 5.41 Å². The number of benzene rings is 1. The molecule has 0 N–H and O–H groups in total. The molecule has 1 saturated heterocycles. The zero-order chi connectivity index (χ0) is 17.9. The van der Waals surface area contributed by atoms with E-state index in [9.17, 15) is 14.4 Å². The van der Waals surface area contributed by atoms with Crippen molar-refractivity contribution in [2.45, 2.75) is 38.0 Å². The number of imide groups is 1. The normalized spacial score (nSPS) is 20.6. The highest BCUT2D eigenvalue weighted by atomic mass is 35.5. The Balaban J connectivity index is 2.39. The molecule has 0 bridgehead atoms. The van der Waals surface area contributed by atoms with Crippen molar-refractivity contribution in [3.8, 4) is 0 Å². The molecule has 5 nitrogen and oxygen atoms in total. The fraction of sp³-hybridized carbons (Fsp3) is 0.500. The lowest BCUT2D eigenvalue weighted by atomic mass is 9.75. The maximum absolute atomic E-state index is 12.8. The van der Waals surface area contributed by atoms with E-state index in [-0.39, 0.29) is 30.6 Å². The summed E-state index contributed by atoms with van der Waals surface area (Å²) in [5.74, 6) is -0.804. The number of nitrogens with zero attached hydrogens (tertiary/aromatic N) is 2. The summed E-state index contributed by atoms with van der Waals surface area (Å²) in [4.78, 5) is 40.4. The fourth-order valence-electron chi connectivity index (χ4n) is 3.09. The molecule has 0 aromatic heterocycles. The highest BCUT2D eigenvalue weighted by Crippen LogP contribution is 2.42. The largest absolute Gasteiger partial charge is 0.346 e. The number of hydrogen-bond acceptors (Lipinski definition) is 3. The average molecular weight is 351 g/mol. The number of carbonyl (C=O) groups excluding carboxylic acids is 3. The standard InChI is InChI=1S/C18H23ClN2O3/c1-4-5-10-20(2)15(22)11-18(12-16(23)21(3)17(18)24)13-8-6-7-9-14(13)19/h6-9H,4-5,10-12H2,1-3H3/t18-/m0/s1. The molecular formula is C18H23ClN2O3. The second-order valence-corrected chi connectivity index (χ2v) is 6.75. The third kappa shape index (κ3) is 3.31. The summed E-state index contributed by atoms with van der Waals surface area (Å²) in [6.45, 7) is 2.68. The van der Waals surface area contributed by atoms with Crippen molar-refractivity contribution in [3.63, 3.8) is 0 Å². The van der Waals surface area contributed by atoms with Crippen LogP contribution in [0.2, 0.25) is 5.02 Å². The summed E-state index contributed by atoms with van der Waals surface area (Å²) in [6, 6.07) is 6.94. The van der Waals surface area contributed by atoms with Crippen molar-refractivity contribution in [1.29, 1.82) is 0 Å². The Labute approximate surface area is 147 Å². The van der Waals surface area contributed by atoms with Crippen molar-refractivity contribution in [2.75, 3.05) is 20.6 Å². The Morgan fingerprint density at radius 2 is 2.00 bits per heavy atom. The first-order valence-electron chi connectivity index (χ1n) is 8.13. The van der Waals surface area contributed by atoms with E-state index in [1.165, 1.54) is 7.05 Å². The first-order chi connectivity index (χ1) is 11.3. The molecule has 1 aromatic rings. The number of unbranched alkanes of at least 4 members (excludes halogenated alkanes) is 1. The molecule has 3 amide bonds. The second-order valence-electron chi connectivity index (χ2n) is 6.34. The zero-order valence-corrected chi connectivity index (χ0v) is 15.1. The van der Waals surface area contributed by atoms with Crippen molar-refractivity contribution in [1.82, 2.24) is 9.80 Å². The van der Waals surface area contributed by atoms with Gasteiger partial charge in [0.05, 0.1) is 5.41 Å². The summed E-state index contributed by atoms with van der Waals surface area (Å²) in [6.07, 6.45) is 1.80. The van der Waals surface area contributed by atoms with Crippen LogP contribution in [-0.4, -0.2) is 48.2 Å². The molecule has 1 fully saturated rings. The molecule has 1 heterocycles. The van der Waals surface area contributed by atoms with Gasteiger partial charge in [0.25, 0.3) is 0 Å². The van der Waals surface area contributed by atoms with Gasteiger partial charge >= 0.3 is 0 Å². The summed E-state index contributed by atoms with van der Waals surface area (Å²) < 4.78 is 0. The number of halogens is 1. The molecule has 1 aromatic carbocycles.